The Morgan fingerprint density at radius 3 is 3.24 bits per heavy atom. The maximum atomic E-state index is 11.6. The van der Waals surface area contributed by atoms with Crippen molar-refractivity contribution in [1.29, 1.82) is 0 Å². The lowest BCUT2D eigenvalue weighted by Crippen LogP contribution is -2.28. The molecule has 1 heterocycles. The number of aliphatic hydroxyl groups excluding tert-OH is 1. The average molecular weight is 236 g/mol. The molecule has 0 saturated heterocycles. The zero-order valence-electron chi connectivity index (χ0n) is 10.3. The normalized spacial score (nSPS) is 18.8. The minimum absolute atomic E-state index is 0.0466. The van der Waals surface area contributed by atoms with Gasteiger partial charge in [0.2, 0.25) is 5.91 Å². The highest BCUT2D eigenvalue weighted by Crippen LogP contribution is 2.30. The Hall–Kier alpha value is -1.29. The number of nitrogens with zero attached hydrogens (tertiary/aromatic N) is 1. The summed E-state index contributed by atoms with van der Waals surface area (Å²) >= 11 is 0. The maximum Gasteiger partial charge on any atom is 0.239 e. The summed E-state index contributed by atoms with van der Waals surface area (Å²) in [6, 6.07) is 1.94. The SMILES string of the molecule is CCCNC(=O)Cn1ccc2c1CCCC2O. The summed E-state index contributed by atoms with van der Waals surface area (Å²) in [5.74, 6) is 0.0466. The standard InChI is InChI=1S/C13H20N2O2/c1-2-7-14-13(17)9-15-8-6-10-11(15)4-3-5-12(10)16/h6,8,12,16H,2-5,7,9H2,1H3,(H,14,17). The molecule has 0 bridgehead atoms. The van der Waals surface area contributed by atoms with E-state index >= 15 is 0 Å². The summed E-state index contributed by atoms with van der Waals surface area (Å²) in [5.41, 5.74) is 2.12. The van der Waals surface area contributed by atoms with Crippen LogP contribution >= 0.6 is 0 Å². The van der Waals surface area contributed by atoms with Crippen LogP contribution in [0.4, 0.5) is 0 Å². The lowest BCUT2D eigenvalue weighted by atomic mass is 9.95. The van der Waals surface area contributed by atoms with Gasteiger partial charge in [-0.2, -0.15) is 0 Å². The topological polar surface area (TPSA) is 54.3 Å². The third-order valence-corrected chi connectivity index (χ3v) is 3.25. The van der Waals surface area contributed by atoms with Gasteiger partial charge in [-0.15, -0.1) is 0 Å². The van der Waals surface area contributed by atoms with Crippen molar-refractivity contribution >= 4 is 5.91 Å². The summed E-state index contributed by atoms with van der Waals surface area (Å²) in [5, 5.41) is 12.7. The third-order valence-electron chi connectivity index (χ3n) is 3.25. The molecule has 0 saturated carbocycles. The van der Waals surface area contributed by atoms with Gasteiger partial charge in [0.15, 0.2) is 0 Å². The molecule has 1 atom stereocenters. The maximum absolute atomic E-state index is 11.6. The van der Waals surface area contributed by atoms with E-state index in [9.17, 15) is 9.90 Å². The summed E-state index contributed by atoms with van der Waals surface area (Å²) in [6.07, 6.45) is 5.30. The average Bonchev–Trinajstić information content (AvgIpc) is 2.71. The van der Waals surface area contributed by atoms with E-state index in [1.165, 1.54) is 0 Å². The first-order valence-electron chi connectivity index (χ1n) is 6.35. The van der Waals surface area contributed by atoms with Gasteiger partial charge in [-0.3, -0.25) is 4.79 Å². The highest BCUT2D eigenvalue weighted by atomic mass is 16.3. The van der Waals surface area contributed by atoms with Crippen LogP contribution in [0.15, 0.2) is 12.3 Å². The van der Waals surface area contributed by atoms with Crippen molar-refractivity contribution in [2.24, 2.45) is 0 Å². The smallest absolute Gasteiger partial charge is 0.239 e. The largest absolute Gasteiger partial charge is 0.388 e. The molecule has 4 heteroatoms. The fourth-order valence-electron chi connectivity index (χ4n) is 2.36. The molecule has 0 radical (unpaired) electrons. The first-order valence-corrected chi connectivity index (χ1v) is 6.35. The van der Waals surface area contributed by atoms with E-state index in [4.69, 9.17) is 0 Å². The predicted molar refractivity (Wildman–Crippen MR) is 65.6 cm³/mol. The number of hydrogen-bond acceptors (Lipinski definition) is 2. The van der Waals surface area contributed by atoms with Crippen LogP contribution < -0.4 is 5.32 Å². The van der Waals surface area contributed by atoms with Crippen molar-refractivity contribution in [2.45, 2.75) is 45.3 Å². The van der Waals surface area contributed by atoms with E-state index < -0.39 is 0 Å². The molecule has 0 aromatic carbocycles. The number of rotatable bonds is 4. The van der Waals surface area contributed by atoms with Crippen molar-refractivity contribution in [3.05, 3.63) is 23.5 Å². The van der Waals surface area contributed by atoms with Gasteiger partial charge in [0.25, 0.3) is 0 Å². The van der Waals surface area contributed by atoms with Crippen LogP contribution in [0.2, 0.25) is 0 Å². The molecule has 1 aromatic rings. The van der Waals surface area contributed by atoms with Crippen molar-refractivity contribution in [2.75, 3.05) is 6.54 Å². The fourth-order valence-corrected chi connectivity index (χ4v) is 2.36. The quantitative estimate of drug-likeness (QED) is 0.830. The Morgan fingerprint density at radius 1 is 1.65 bits per heavy atom. The summed E-state index contributed by atoms with van der Waals surface area (Å²) < 4.78 is 1.96. The van der Waals surface area contributed by atoms with E-state index in [1.54, 1.807) is 0 Å². The molecule has 1 amide bonds. The lowest BCUT2D eigenvalue weighted by Gasteiger charge is -2.20. The van der Waals surface area contributed by atoms with Gasteiger partial charge in [0.1, 0.15) is 6.54 Å². The van der Waals surface area contributed by atoms with Crippen LogP contribution in [0, 0.1) is 0 Å². The molecule has 0 aliphatic heterocycles. The predicted octanol–water partition coefficient (Wildman–Crippen LogP) is 1.38. The zero-order chi connectivity index (χ0) is 12.3. The molecule has 0 spiro atoms. The van der Waals surface area contributed by atoms with Gasteiger partial charge in [0.05, 0.1) is 6.10 Å². The van der Waals surface area contributed by atoms with E-state index in [-0.39, 0.29) is 12.0 Å². The van der Waals surface area contributed by atoms with Gasteiger partial charge in [-0.05, 0) is 31.7 Å². The lowest BCUT2D eigenvalue weighted by molar-refractivity contribution is -0.121. The molecule has 17 heavy (non-hydrogen) atoms. The van der Waals surface area contributed by atoms with E-state index in [0.29, 0.717) is 6.54 Å². The molecular formula is C13H20N2O2. The van der Waals surface area contributed by atoms with Gasteiger partial charge in [0, 0.05) is 24.0 Å². The highest BCUT2D eigenvalue weighted by molar-refractivity contribution is 5.75. The second-order valence-electron chi connectivity index (χ2n) is 4.60. The van der Waals surface area contributed by atoms with E-state index in [1.807, 2.05) is 23.8 Å². The Labute approximate surface area is 102 Å². The van der Waals surface area contributed by atoms with Crippen molar-refractivity contribution in [3.63, 3.8) is 0 Å². The van der Waals surface area contributed by atoms with Crippen LogP contribution in [0.3, 0.4) is 0 Å². The summed E-state index contributed by atoms with van der Waals surface area (Å²) in [7, 11) is 0. The molecule has 2 N–H and O–H groups in total. The molecule has 1 aliphatic carbocycles. The summed E-state index contributed by atoms with van der Waals surface area (Å²) in [4.78, 5) is 11.6. The minimum Gasteiger partial charge on any atom is -0.388 e. The van der Waals surface area contributed by atoms with Crippen LogP contribution in [0.1, 0.15) is 43.5 Å². The minimum atomic E-state index is -0.348. The van der Waals surface area contributed by atoms with Crippen molar-refractivity contribution in [3.8, 4) is 0 Å². The summed E-state index contributed by atoms with van der Waals surface area (Å²) in [6.45, 7) is 3.13. The van der Waals surface area contributed by atoms with Gasteiger partial charge >= 0.3 is 0 Å². The molecule has 1 aliphatic rings. The van der Waals surface area contributed by atoms with Crippen LogP contribution in [-0.4, -0.2) is 22.1 Å². The second kappa shape index (κ2) is 5.36. The van der Waals surface area contributed by atoms with Crippen LogP contribution in [0.25, 0.3) is 0 Å². The van der Waals surface area contributed by atoms with E-state index in [0.717, 1.165) is 43.5 Å². The Kier molecular flexibility index (Phi) is 3.84. The number of fused-ring (bicyclic) bond motifs is 1. The highest BCUT2D eigenvalue weighted by Gasteiger charge is 2.21. The Bertz CT molecular complexity index is 398. The number of amides is 1. The molecule has 94 valence electrons. The van der Waals surface area contributed by atoms with Gasteiger partial charge < -0.3 is 15.0 Å². The molecule has 0 fully saturated rings. The zero-order valence-corrected chi connectivity index (χ0v) is 10.3. The van der Waals surface area contributed by atoms with Gasteiger partial charge in [-0.1, -0.05) is 6.92 Å². The first kappa shape index (κ1) is 12.2. The number of carbonyl (C=O) groups is 1. The van der Waals surface area contributed by atoms with Crippen molar-refractivity contribution in [1.82, 2.24) is 9.88 Å². The number of hydrogen-bond donors (Lipinski definition) is 2. The van der Waals surface area contributed by atoms with Gasteiger partial charge in [-0.25, -0.2) is 0 Å². The van der Waals surface area contributed by atoms with Crippen molar-refractivity contribution < 1.29 is 9.90 Å². The molecule has 1 unspecified atom stereocenters. The third kappa shape index (κ3) is 2.69. The number of aliphatic hydroxyl groups is 1. The fraction of sp³-hybridized carbons (Fsp3) is 0.615. The Balaban J connectivity index is 2.04. The first-order chi connectivity index (χ1) is 8.22. The molecule has 2 rings (SSSR count). The number of carbonyl (C=O) groups excluding carboxylic acids is 1. The van der Waals surface area contributed by atoms with E-state index in [2.05, 4.69) is 5.32 Å². The van der Waals surface area contributed by atoms with Crippen LogP contribution in [0.5, 0.6) is 0 Å². The molecule has 1 aromatic heterocycles. The number of aromatic nitrogens is 1. The second-order valence-corrected chi connectivity index (χ2v) is 4.60. The molecule has 4 nitrogen and oxygen atoms in total. The van der Waals surface area contributed by atoms with Crippen LogP contribution in [-0.2, 0) is 17.8 Å². The number of nitrogens with one attached hydrogen (secondary N) is 1. The molecular weight excluding hydrogens is 216 g/mol. The Morgan fingerprint density at radius 2 is 2.47 bits per heavy atom. The monoisotopic (exact) mass is 236 g/mol.